The van der Waals surface area contributed by atoms with Gasteiger partial charge in [0.2, 0.25) is 5.95 Å². The third-order valence-electron chi connectivity index (χ3n) is 4.39. The monoisotopic (exact) mass is 391 g/mol. The Bertz CT molecular complexity index is 763. The molecule has 0 saturated carbocycles. The van der Waals surface area contributed by atoms with Crippen LogP contribution in [0.5, 0.6) is 0 Å². The summed E-state index contributed by atoms with van der Waals surface area (Å²) in [6.45, 7) is 1.53. The Labute approximate surface area is 164 Å². The van der Waals surface area contributed by atoms with Crippen molar-refractivity contribution < 1.29 is 0 Å². The maximum absolute atomic E-state index is 6.19. The molecule has 0 spiro atoms. The standard InChI is InChI=1S/C19H23Cl2N5/c20-16-7-6-15(17(21)12-16)9-11-23-19-25-18(13-24-26-19)22-10-8-14-4-2-1-3-5-14/h4,6-7,12-13H,1-3,5,8-11H2,(H2,22,23,25,26). The summed E-state index contributed by atoms with van der Waals surface area (Å²) in [5.41, 5.74) is 2.58. The number of hydrogen-bond acceptors (Lipinski definition) is 5. The zero-order valence-corrected chi connectivity index (χ0v) is 16.2. The molecule has 0 aliphatic heterocycles. The molecule has 0 amide bonds. The van der Waals surface area contributed by atoms with Crippen molar-refractivity contribution in [3.63, 3.8) is 0 Å². The number of allylic oxidation sites excluding steroid dienone is 1. The lowest BCUT2D eigenvalue weighted by molar-refractivity contribution is 0.679. The SMILES string of the molecule is Clc1ccc(CCNc2nncc(NCCC3=CCCCC3)n2)c(Cl)c1. The zero-order chi connectivity index (χ0) is 18.2. The molecule has 7 heteroatoms. The van der Waals surface area contributed by atoms with E-state index in [1.807, 2.05) is 12.1 Å². The molecular formula is C19H23Cl2N5. The number of nitrogens with zero attached hydrogens (tertiary/aromatic N) is 3. The van der Waals surface area contributed by atoms with E-state index in [1.54, 1.807) is 17.8 Å². The van der Waals surface area contributed by atoms with Crippen molar-refractivity contribution >= 4 is 35.0 Å². The summed E-state index contributed by atoms with van der Waals surface area (Å²) in [5.74, 6) is 1.25. The van der Waals surface area contributed by atoms with Gasteiger partial charge in [0.15, 0.2) is 5.82 Å². The largest absolute Gasteiger partial charge is 0.368 e. The minimum absolute atomic E-state index is 0.511. The van der Waals surface area contributed by atoms with Crippen LogP contribution in [0, 0.1) is 0 Å². The highest BCUT2D eigenvalue weighted by atomic mass is 35.5. The van der Waals surface area contributed by atoms with Crippen molar-refractivity contribution in [1.82, 2.24) is 15.2 Å². The molecule has 0 fully saturated rings. The van der Waals surface area contributed by atoms with Gasteiger partial charge in [0.05, 0.1) is 6.20 Å². The molecule has 2 aromatic rings. The van der Waals surface area contributed by atoms with Gasteiger partial charge in [-0.05, 0) is 56.2 Å². The first-order valence-electron chi connectivity index (χ1n) is 9.00. The molecule has 3 rings (SSSR count). The topological polar surface area (TPSA) is 62.7 Å². The van der Waals surface area contributed by atoms with Crippen LogP contribution in [0.15, 0.2) is 36.0 Å². The number of halogens is 2. The van der Waals surface area contributed by atoms with E-state index >= 15 is 0 Å². The summed E-state index contributed by atoms with van der Waals surface area (Å²) in [5, 5.41) is 15.9. The molecule has 1 aliphatic carbocycles. The fourth-order valence-electron chi connectivity index (χ4n) is 2.98. The van der Waals surface area contributed by atoms with E-state index in [0.29, 0.717) is 22.5 Å². The predicted molar refractivity (Wildman–Crippen MR) is 108 cm³/mol. The van der Waals surface area contributed by atoms with Crippen LogP contribution in [0.3, 0.4) is 0 Å². The second-order valence-corrected chi connectivity index (χ2v) is 7.21. The number of anilines is 2. The third-order valence-corrected chi connectivity index (χ3v) is 4.98. The summed E-state index contributed by atoms with van der Waals surface area (Å²) in [6, 6.07) is 5.53. The van der Waals surface area contributed by atoms with E-state index in [1.165, 1.54) is 25.7 Å². The lowest BCUT2D eigenvalue weighted by atomic mass is 9.97. The number of hydrogen-bond donors (Lipinski definition) is 2. The fourth-order valence-corrected chi connectivity index (χ4v) is 3.48. The summed E-state index contributed by atoms with van der Waals surface area (Å²) in [7, 11) is 0. The number of benzene rings is 1. The summed E-state index contributed by atoms with van der Waals surface area (Å²) in [4.78, 5) is 4.45. The molecule has 1 aromatic carbocycles. The Hall–Kier alpha value is -1.85. The first-order valence-corrected chi connectivity index (χ1v) is 9.75. The van der Waals surface area contributed by atoms with Crippen molar-refractivity contribution in [2.24, 2.45) is 0 Å². The molecule has 0 atom stereocenters. The summed E-state index contributed by atoms with van der Waals surface area (Å²) < 4.78 is 0. The quantitative estimate of drug-likeness (QED) is 0.610. The van der Waals surface area contributed by atoms with Crippen LogP contribution < -0.4 is 10.6 Å². The van der Waals surface area contributed by atoms with Gasteiger partial charge < -0.3 is 10.6 Å². The molecule has 5 nitrogen and oxygen atoms in total. The first-order chi connectivity index (χ1) is 12.7. The van der Waals surface area contributed by atoms with Crippen LogP contribution in [-0.2, 0) is 6.42 Å². The third kappa shape index (κ3) is 5.85. The Morgan fingerprint density at radius 1 is 1.04 bits per heavy atom. The van der Waals surface area contributed by atoms with Crippen molar-refractivity contribution in [2.75, 3.05) is 23.7 Å². The fraction of sp³-hybridized carbons (Fsp3) is 0.421. The summed E-state index contributed by atoms with van der Waals surface area (Å²) in [6.07, 6.45) is 10.9. The maximum Gasteiger partial charge on any atom is 0.244 e. The van der Waals surface area contributed by atoms with Crippen molar-refractivity contribution in [3.8, 4) is 0 Å². The van der Waals surface area contributed by atoms with Gasteiger partial charge in [-0.3, -0.25) is 0 Å². The zero-order valence-electron chi connectivity index (χ0n) is 14.6. The number of rotatable bonds is 8. The molecule has 138 valence electrons. The Kier molecular flexibility index (Phi) is 7.09. The highest BCUT2D eigenvalue weighted by molar-refractivity contribution is 6.35. The first kappa shape index (κ1) is 18.9. The van der Waals surface area contributed by atoms with Crippen LogP contribution in [0.25, 0.3) is 0 Å². The lowest BCUT2D eigenvalue weighted by Crippen LogP contribution is -2.11. The molecule has 1 aromatic heterocycles. The predicted octanol–water partition coefficient (Wildman–Crippen LogP) is 5.14. The minimum atomic E-state index is 0.511. The molecule has 0 saturated heterocycles. The van der Waals surface area contributed by atoms with Gasteiger partial charge in [0.1, 0.15) is 0 Å². The molecule has 26 heavy (non-hydrogen) atoms. The highest BCUT2D eigenvalue weighted by Crippen LogP contribution is 2.21. The van der Waals surface area contributed by atoms with Gasteiger partial charge >= 0.3 is 0 Å². The molecular weight excluding hydrogens is 369 g/mol. The Morgan fingerprint density at radius 3 is 2.73 bits per heavy atom. The number of aromatic nitrogens is 3. The average Bonchev–Trinajstić information content (AvgIpc) is 2.65. The van der Waals surface area contributed by atoms with Crippen LogP contribution in [0.1, 0.15) is 37.7 Å². The molecule has 1 heterocycles. The molecule has 0 bridgehead atoms. The smallest absolute Gasteiger partial charge is 0.244 e. The van der Waals surface area contributed by atoms with E-state index in [-0.39, 0.29) is 0 Å². The van der Waals surface area contributed by atoms with Crippen LogP contribution in [0.2, 0.25) is 10.0 Å². The molecule has 0 radical (unpaired) electrons. The maximum atomic E-state index is 6.19. The van der Waals surface area contributed by atoms with Gasteiger partial charge in [0.25, 0.3) is 0 Å². The van der Waals surface area contributed by atoms with Gasteiger partial charge in [-0.15, -0.1) is 5.10 Å². The van der Waals surface area contributed by atoms with Crippen LogP contribution >= 0.6 is 23.2 Å². The van der Waals surface area contributed by atoms with Crippen molar-refractivity contribution in [2.45, 2.75) is 38.5 Å². The van der Waals surface area contributed by atoms with Crippen molar-refractivity contribution in [3.05, 3.63) is 51.7 Å². The van der Waals surface area contributed by atoms with Gasteiger partial charge in [-0.25, -0.2) is 0 Å². The van der Waals surface area contributed by atoms with Crippen LogP contribution in [-0.4, -0.2) is 28.3 Å². The highest BCUT2D eigenvalue weighted by Gasteiger charge is 2.05. The Balaban J connectivity index is 1.45. The lowest BCUT2D eigenvalue weighted by Gasteiger charge is -2.13. The molecule has 1 aliphatic rings. The van der Waals surface area contributed by atoms with Crippen molar-refractivity contribution in [1.29, 1.82) is 0 Å². The van der Waals surface area contributed by atoms with E-state index in [0.717, 1.165) is 30.8 Å². The van der Waals surface area contributed by atoms with Gasteiger partial charge in [-0.2, -0.15) is 10.1 Å². The van der Waals surface area contributed by atoms with E-state index in [2.05, 4.69) is 31.9 Å². The Morgan fingerprint density at radius 2 is 1.92 bits per heavy atom. The van der Waals surface area contributed by atoms with Crippen LogP contribution in [0.4, 0.5) is 11.8 Å². The van der Waals surface area contributed by atoms with Gasteiger partial charge in [-0.1, -0.05) is 40.9 Å². The second-order valence-electron chi connectivity index (χ2n) is 6.36. The van der Waals surface area contributed by atoms with Gasteiger partial charge in [0, 0.05) is 23.1 Å². The average molecular weight is 392 g/mol. The minimum Gasteiger partial charge on any atom is -0.368 e. The van der Waals surface area contributed by atoms with E-state index < -0.39 is 0 Å². The number of nitrogens with one attached hydrogen (secondary N) is 2. The molecule has 0 unspecified atom stereocenters. The molecule has 2 N–H and O–H groups in total. The normalized spacial score (nSPS) is 14.0. The van der Waals surface area contributed by atoms with E-state index in [4.69, 9.17) is 23.2 Å². The second kappa shape index (κ2) is 9.74. The van der Waals surface area contributed by atoms with E-state index in [9.17, 15) is 0 Å². The summed E-state index contributed by atoms with van der Waals surface area (Å²) >= 11 is 12.1.